The van der Waals surface area contributed by atoms with Crippen LogP contribution in [0.4, 0.5) is 5.69 Å². The monoisotopic (exact) mass is 274 g/mol. The number of carbonyl (C=O) groups excluding carboxylic acids is 1. The van der Waals surface area contributed by atoms with Gasteiger partial charge in [-0.3, -0.25) is 9.69 Å². The second kappa shape index (κ2) is 4.81. The van der Waals surface area contributed by atoms with E-state index in [2.05, 4.69) is 35.6 Å². The van der Waals surface area contributed by atoms with Crippen LogP contribution in [0.15, 0.2) is 12.5 Å². The van der Waals surface area contributed by atoms with E-state index >= 15 is 0 Å². The Hall–Kier alpha value is -1.49. The molecule has 0 bridgehead atoms. The van der Waals surface area contributed by atoms with Gasteiger partial charge in [-0.05, 0) is 33.6 Å². The lowest BCUT2D eigenvalue weighted by Crippen LogP contribution is -2.51. The maximum Gasteiger partial charge on any atom is 0.233 e. The van der Waals surface area contributed by atoms with Gasteiger partial charge in [0.25, 0.3) is 0 Å². The molecule has 0 aliphatic carbocycles. The highest BCUT2D eigenvalue weighted by atomic mass is 16.2. The molecule has 3 heterocycles. The maximum atomic E-state index is 12.3. The molecule has 1 aromatic heterocycles. The fourth-order valence-electron chi connectivity index (χ4n) is 3.24. The van der Waals surface area contributed by atoms with Crippen LogP contribution in [0.3, 0.4) is 0 Å². The fraction of sp³-hybridized carbons (Fsp3) is 0.667. The standard InChI is InChI=1S/C15H22N4O/c1-15(2,3)18-6-4-11(5-7-18)19-13-9-16-10-17-12(13)8-14(19)20/h9-11H,4-8H2,1-3H3. The molecule has 20 heavy (non-hydrogen) atoms. The molecule has 2 aliphatic heterocycles. The van der Waals surface area contributed by atoms with Gasteiger partial charge in [0.1, 0.15) is 6.33 Å². The van der Waals surface area contributed by atoms with Crippen molar-refractivity contribution in [3.63, 3.8) is 0 Å². The van der Waals surface area contributed by atoms with Crippen molar-refractivity contribution in [2.75, 3.05) is 18.0 Å². The van der Waals surface area contributed by atoms with Gasteiger partial charge >= 0.3 is 0 Å². The third kappa shape index (κ3) is 2.30. The van der Waals surface area contributed by atoms with Gasteiger partial charge in [0, 0.05) is 24.7 Å². The highest BCUT2D eigenvalue weighted by molar-refractivity contribution is 6.01. The van der Waals surface area contributed by atoms with Crippen LogP contribution in [0.5, 0.6) is 0 Å². The molecule has 5 nitrogen and oxygen atoms in total. The van der Waals surface area contributed by atoms with Crippen LogP contribution in [0.1, 0.15) is 39.3 Å². The van der Waals surface area contributed by atoms with Crippen LogP contribution in [0, 0.1) is 0 Å². The number of rotatable bonds is 1. The molecule has 0 spiro atoms. The third-order valence-electron chi connectivity index (χ3n) is 4.40. The molecule has 0 radical (unpaired) electrons. The van der Waals surface area contributed by atoms with Gasteiger partial charge in [0.2, 0.25) is 5.91 Å². The van der Waals surface area contributed by atoms with E-state index in [1.165, 1.54) is 6.33 Å². The number of likely N-dealkylation sites (tertiary alicyclic amines) is 1. The zero-order chi connectivity index (χ0) is 14.3. The van der Waals surface area contributed by atoms with Gasteiger partial charge in [-0.15, -0.1) is 0 Å². The first-order valence-corrected chi connectivity index (χ1v) is 7.33. The van der Waals surface area contributed by atoms with Crippen LogP contribution in [0.25, 0.3) is 0 Å². The molecule has 0 saturated carbocycles. The lowest BCUT2D eigenvalue weighted by atomic mass is 9.97. The summed E-state index contributed by atoms with van der Waals surface area (Å²) in [4.78, 5) is 25.0. The Kier molecular flexibility index (Phi) is 3.24. The molecule has 0 atom stereocenters. The SMILES string of the molecule is CC(C)(C)N1CCC(N2C(=O)Cc3ncncc32)CC1. The summed E-state index contributed by atoms with van der Waals surface area (Å²) in [5.41, 5.74) is 2.01. The number of amides is 1. The largest absolute Gasteiger partial charge is 0.306 e. The van der Waals surface area contributed by atoms with E-state index in [1.54, 1.807) is 6.20 Å². The Morgan fingerprint density at radius 1 is 1.25 bits per heavy atom. The number of aromatic nitrogens is 2. The van der Waals surface area contributed by atoms with E-state index in [-0.39, 0.29) is 11.4 Å². The summed E-state index contributed by atoms with van der Waals surface area (Å²) < 4.78 is 0. The number of fused-ring (bicyclic) bond motifs is 1. The third-order valence-corrected chi connectivity index (χ3v) is 4.40. The Morgan fingerprint density at radius 3 is 2.60 bits per heavy atom. The Morgan fingerprint density at radius 2 is 1.95 bits per heavy atom. The van der Waals surface area contributed by atoms with Crippen LogP contribution < -0.4 is 4.90 Å². The molecule has 1 saturated heterocycles. The minimum absolute atomic E-state index is 0.176. The van der Waals surface area contributed by atoms with Crippen molar-refractivity contribution in [2.24, 2.45) is 0 Å². The summed E-state index contributed by atoms with van der Waals surface area (Å²) in [5.74, 6) is 0.176. The Labute approximate surface area is 120 Å². The summed E-state index contributed by atoms with van der Waals surface area (Å²) >= 11 is 0. The van der Waals surface area contributed by atoms with E-state index in [9.17, 15) is 4.79 Å². The van der Waals surface area contributed by atoms with Crippen molar-refractivity contribution in [1.29, 1.82) is 0 Å². The van der Waals surface area contributed by atoms with Gasteiger partial charge in [-0.25, -0.2) is 9.97 Å². The van der Waals surface area contributed by atoms with Crippen molar-refractivity contribution in [1.82, 2.24) is 14.9 Å². The first-order chi connectivity index (χ1) is 9.47. The van der Waals surface area contributed by atoms with E-state index in [1.807, 2.05) is 4.90 Å². The molecule has 0 unspecified atom stereocenters. The first kappa shape index (κ1) is 13.5. The van der Waals surface area contributed by atoms with Crippen molar-refractivity contribution in [2.45, 2.75) is 51.6 Å². The van der Waals surface area contributed by atoms with Crippen LogP contribution in [0.2, 0.25) is 0 Å². The molecular formula is C15H22N4O. The van der Waals surface area contributed by atoms with E-state index in [0.717, 1.165) is 37.3 Å². The minimum atomic E-state index is 0.176. The molecule has 1 aromatic rings. The summed E-state index contributed by atoms with van der Waals surface area (Å²) in [6, 6.07) is 0.299. The Bertz CT molecular complexity index is 515. The Balaban J connectivity index is 1.74. The number of hydrogen-bond acceptors (Lipinski definition) is 4. The predicted octanol–water partition coefficient (Wildman–Crippen LogP) is 1.63. The van der Waals surface area contributed by atoms with E-state index in [4.69, 9.17) is 0 Å². The molecule has 1 amide bonds. The number of carbonyl (C=O) groups is 1. The lowest BCUT2D eigenvalue weighted by Gasteiger charge is -2.43. The molecule has 1 fully saturated rings. The summed E-state index contributed by atoms with van der Waals surface area (Å²) in [6.45, 7) is 8.83. The fourth-order valence-corrected chi connectivity index (χ4v) is 3.24. The number of hydrogen-bond donors (Lipinski definition) is 0. The predicted molar refractivity (Wildman–Crippen MR) is 77.6 cm³/mol. The van der Waals surface area contributed by atoms with Gasteiger partial charge in [0.05, 0.1) is 24.0 Å². The number of nitrogens with zero attached hydrogens (tertiary/aromatic N) is 4. The van der Waals surface area contributed by atoms with Crippen molar-refractivity contribution >= 4 is 11.6 Å². The first-order valence-electron chi connectivity index (χ1n) is 7.33. The van der Waals surface area contributed by atoms with Gasteiger partial charge < -0.3 is 4.90 Å². The summed E-state index contributed by atoms with van der Waals surface area (Å²) in [6.07, 6.45) is 5.78. The molecule has 0 aromatic carbocycles. The topological polar surface area (TPSA) is 49.3 Å². The lowest BCUT2D eigenvalue weighted by molar-refractivity contribution is -0.118. The molecule has 5 heteroatoms. The molecule has 2 aliphatic rings. The quantitative estimate of drug-likeness (QED) is 0.781. The summed E-state index contributed by atoms with van der Waals surface area (Å²) in [5, 5.41) is 0. The van der Waals surface area contributed by atoms with Crippen molar-refractivity contribution < 1.29 is 4.79 Å². The maximum absolute atomic E-state index is 12.3. The highest BCUT2D eigenvalue weighted by Gasteiger charge is 2.37. The van der Waals surface area contributed by atoms with Gasteiger partial charge in [-0.1, -0.05) is 0 Å². The number of piperidine rings is 1. The molecule has 108 valence electrons. The zero-order valence-electron chi connectivity index (χ0n) is 12.5. The van der Waals surface area contributed by atoms with Crippen molar-refractivity contribution in [3.8, 4) is 0 Å². The molecular weight excluding hydrogens is 252 g/mol. The average molecular weight is 274 g/mol. The molecule has 3 rings (SSSR count). The minimum Gasteiger partial charge on any atom is -0.306 e. The van der Waals surface area contributed by atoms with Crippen LogP contribution in [-0.2, 0) is 11.2 Å². The van der Waals surface area contributed by atoms with Crippen LogP contribution in [-0.4, -0.2) is 45.4 Å². The average Bonchev–Trinajstić information content (AvgIpc) is 2.73. The van der Waals surface area contributed by atoms with Gasteiger partial charge in [-0.2, -0.15) is 0 Å². The molecule has 0 N–H and O–H groups in total. The smallest absolute Gasteiger partial charge is 0.233 e. The normalized spacial score (nSPS) is 21.4. The van der Waals surface area contributed by atoms with Crippen LogP contribution >= 0.6 is 0 Å². The highest BCUT2D eigenvalue weighted by Crippen LogP contribution is 2.32. The van der Waals surface area contributed by atoms with Gasteiger partial charge in [0.15, 0.2) is 0 Å². The second-order valence-electron chi connectivity index (χ2n) is 6.68. The second-order valence-corrected chi connectivity index (χ2v) is 6.68. The zero-order valence-corrected chi connectivity index (χ0v) is 12.5. The van der Waals surface area contributed by atoms with E-state index in [0.29, 0.717) is 12.5 Å². The van der Waals surface area contributed by atoms with E-state index < -0.39 is 0 Å². The number of anilines is 1. The van der Waals surface area contributed by atoms with Crippen molar-refractivity contribution in [3.05, 3.63) is 18.2 Å². The summed E-state index contributed by atoms with van der Waals surface area (Å²) in [7, 11) is 0.